The zero-order chi connectivity index (χ0) is 22.0. The third-order valence-electron chi connectivity index (χ3n) is 5.15. The zero-order valence-corrected chi connectivity index (χ0v) is 17.8. The van der Waals surface area contributed by atoms with Gasteiger partial charge in [-0.25, -0.2) is 4.68 Å². The topological polar surface area (TPSA) is 74.1 Å². The van der Waals surface area contributed by atoms with E-state index in [2.05, 4.69) is 10.3 Å². The number of aromatic nitrogens is 3. The van der Waals surface area contributed by atoms with Crippen LogP contribution >= 0.6 is 0 Å². The molecule has 1 aromatic heterocycles. The van der Waals surface area contributed by atoms with Crippen LogP contribution in [0, 0.1) is 6.92 Å². The lowest BCUT2D eigenvalue weighted by Crippen LogP contribution is -2.23. The van der Waals surface area contributed by atoms with Gasteiger partial charge in [0.05, 0.1) is 17.5 Å². The van der Waals surface area contributed by atoms with Crippen molar-refractivity contribution in [3.63, 3.8) is 0 Å². The van der Waals surface area contributed by atoms with Crippen molar-refractivity contribution in [1.82, 2.24) is 15.0 Å². The number of carbonyl (C=O) groups is 2. The van der Waals surface area contributed by atoms with Crippen LogP contribution in [0.2, 0.25) is 0 Å². The van der Waals surface area contributed by atoms with Crippen LogP contribution in [0.15, 0.2) is 77.7 Å². The van der Waals surface area contributed by atoms with E-state index in [9.17, 15) is 9.59 Å². The molecule has 0 amide bonds. The highest BCUT2D eigenvalue weighted by Gasteiger charge is 2.32. The molecule has 0 unspecified atom stereocenters. The van der Waals surface area contributed by atoms with Crippen LogP contribution in [0.1, 0.15) is 52.2 Å². The first-order valence-corrected chi connectivity index (χ1v) is 10.1. The molecule has 0 fully saturated rings. The molecule has 6 heteroatoms. The fourth-order valence-electron chi connectivity index (χ4n) is 3.50. The summed E-state index contributed by atoms with van der Waals surface area (Å²) < 4.78 is 7.57. The number of para-hydroxylation sites is 1. The van der Waals surface area contributed by atoms with Gasteiger partial charge < -0.3 is 4.74 Å². The van der Waals surface area contributed by atoms with E-state index in [1.54, 1.807) is 35.1 Å². The van der Waals surface area contributed by atoms with E-state index in [1.807, 2.05) is 51.1 Å². The lowest BCUT2D eigenvalue weighted by molar-refractivity contribution is 0.0854. The maximum Gasteiger partial charge on any atom is 0.228 e. The third kappa shape index (κ3) is 4.10. The van der Waals surface area contributed by atoms with Crippen LogP contribution in [0.5, 0.6) is 0 Å². The molecule has 1 heterocycles. The normalized spacial score (nSPS) is 13.3. The molecule has 31 heavy (non-hydrogen) atoms. The van der Waals surface area contributed by atoms with Gasteiger partial charge in [-0.05, 0) is 38.8 Å². The van der Waals surface area contributed by atoms with Gasteiger partial charge >= 0.3 is 0 Å². The molecule has 6 nitrogen and oxygen atoms in total. The fraction of sp³-hybridized carbons (Fsp3) is 0.200. The van der Waals surface area contributed by atoms with E-state index in [-0.39, 0.29) is 23.9 Å². The summed E-state index contributed by atoms with van der Waals surface area (Å²) in [6.07, 6.45) is 4.03. The van der Waals surface area contributed by atoms with Gasteiger partial charge in [0, 0.05) is 11.1 Å². The lowest BCUT2D eigenvalue weighted by Gasteiger charge is -2.20. The summed E-state index contributed by atoms with van der Waals surface area (Å²) in [5.41, 5.74) is 4.77. The average Bonchev–Trinajstić information content (AvgIpc) is 3.23. The number of aryl methyl sites for hydroxylation is 1. The van der Waals surface area contributed by atoms with Crippen molar-refractivity contribution in [3.05, 3.63) is 100 Å². The number of fused-ring (bicyclic) bond motifs is 1. The minimum atomic E-state index is -0.279. The summed E-state index contributed by atoms with van der Waals surface area (Å²) in [6, 6.07) is 14.7. The van der Waals surface area contributed by atoms with Crippen LogP contribution in [-0.2, 0) is 11.3 Å². The van der Waals surface area contributed by atoms with Crippen molar-refractivity contribution in [1.29, 1.82) is 0 Å². The predicted octanol–water partition coefficient (Wildman–Crippen LogP) is 4.78. The van der Waals surface area contributed by atoms with Crippen molar-refractivity contribution in [2.45, 2.75) is 33.8 Å². The molecule has 0 radical (unpaired) electrons. The molecule has 0 saturated heterocycles. The molecule has 2 aromatic carbocycles. The zero-order valence-electron chi connectivity index (χ0n) is 17.8. The molecular formula is C25H23N3O3. The number of rotatable bonds is 6. The van der Waals surface area contributed by atoms with Crippen molar-refractivity contribution in [3.8, 4) is 5.69 Å². The maximum atomic E-state index is 13.1. The Morgan fingerprint density at radius 2 is 1.68 bits per heavy atom. The standard InChI is InChI=1S/C25H23N3O3/c1-16(2)12-13-21-23(29)19-9-5-6-10-20(19)24(30)25(21)31-15-18-14-28(27-26-18)22-11-7-4-8-17(22)3/h4-12,14H,13,15H2,1-3H3. The molecule has 0 spiro atoms. The molecule has 1 aliphatic carbocycles. The van der Waals surface area contributed by atoms with E-state index >= 15 is 0 Å². The number of allylic oxidation sites excluding steroid dienone is 4. The summed E-state index contributed by atoms with van der Waals surface area (Å²) in [5, 5.41) is 8.33. The molecular weight excluding hydrogens is 390 g/mol. The summed E-state index contributed by atoms with van der Waals surface area (Å²) in [5.74, 6) is -0.364. The van der Waals surface area contributed by atoms with Gasteiger partial charge in [-0.1, -0.05) is 59.3 Å². The molecule has 4 rings (SSSR count). The summed E-state index contributed by atoms with van der Waals surface area (Å²) in [4.78, 5) is 26.2. The van der Waals surface area contributed by atoms with Crippen molar-refractivity contribution < 1.29 is 14.3 Å². The van der Waals surface area contributed by atoms with Gasteiger partial charge in [0.25, 0.3) is 0 Å². The van der Waals surface area contributed by atoms with Crippen LogP contribution < -0.4 is 0 Å². The van der Waals surface area contributed by atoms with Gasteiger partial charge in [-0.15, -0.1) is 5.10 Å². The number of Topliss-reactive ketones (excluding diaryl/α,β-unsaturated/α-hetero) is 2. The monoisotopic (exact) mass is 413 g/mol. The quantitative estimate of drug-likeness (QED) is 0.544. The predicted molar refractivity (Wildman–Crippen MR) is 117 cm³/mol. The summed E-state index contributed by atoms with van der Waals surface area (Å²) in [7, 11) is 0. The fourth-order valence-corrected chi connectivity index (χ4v) is 3.50. The van der Waals surface area contributed by atoms with Gasteiger partial charge in [0.15, 0.2) is 11.5 Å². The summed E-state index contributed by atoms with van der Waals surface area (Å²) in [6.45, 7) is 5.94. The molecule has 0 N–H and O–H groups in total. The largest absolute Gasteiger partial charge is 0.483 e. The Labute approximate surface area is 180 Å². The Bertz CT molecular complexity index is 1230. The van der Waals surface area contributed by atoms with E-state index in [4.69, 9.17) is 4.74 Å². The second-order valence-corrected chi connectivity index (χ2v) is 7.73. The highest BCUT2D eigenvalue weighted by atomic mass is 16.5. The van der Waals surface area contributed by atoms with E-state index < -0.39 is 0 Å². The van der Waals surface area contributed by atoms with Gasteiger partial charge in [0.1, 0.15) is 12.3 Å². The number of benzene rings is 2. The first-order chi connectivity index (χ1) is 15.0. The molecule has 3 aromatic rings. The van der Waals surface area contributed by atoms with Gasteiger partial charge in [-0.3, -0.25) is 9.59 Å². The van der Waals surface area contributed by atoms with E-state index in [0.717, 1.165) is 16.8 Å². The molecule has 0 atom stereocenters. The molecule has 0 saturated carbocycles. The minimum absolute atomic E-state index is 0.0424. The Kier molecular flexibility index (Phi) is 5.62. The number of nitrogens with zero attached hydrogens (tertiary/aromatic N) is 3. The van der Waals surface area contributed by atoms with Crippen molar-refractivity contribution >= 4 is 11.6 Å². The van der Waals surface area contributed by atoms with E-state index in [1.165, 1.54) is 0 Å². The van der Waals surface area contributed by atoms with Crippen LogP contribution in [-0.4, -0.2) is 26.6 Å². The number of hydrogen-bond acceptors (Lipinski definition) is 5. The number of ketones is 2. The van der Waals surface area contributed by atoms with E-state index in [0.29, 0.717) is 28.8 Å². The van der Waals surface area contributed by atoms with Gasteiger partial charge in [0.2, 0.25) is 5.78 Å². The highest BCUT2D eigenvalue weighted by Crippen LogP contribution is 2.30. The van der Waals surface area contributed by atoms with Gasteiger partial charge in [-0.2, -0.15) is 0 Å². The minimum Gasteiger partial charge on any atom is -0.483 e. The van der Waals surface area contributed by atoms with Crippen LogP contribution in [0.25, 0.3) is 5.69 Å². The van der Waals surface area contributed by atoms with Crippen molar-refractivity contribution in [2.24, 2.45) is 0 Å². The molecule has 1 aliphatic rings. The Hall–Kier alpha value is -3.80. The SMILES string of the molecule is CC(C)=CCC1=C(OCc2cn(-c3ccccc3C)nn2)C(=O)c2ccccc2C1=O. The maximum absolute atomic E-state index is 13.1. The number of ether oxygens (including phenoxy) is 1. The first-order valence-electron chi connectivity index (χ1n) is 10.1. The Morgan fingerprint density at radius 3 is 2.39 bits per heavy atom. The molecule has 0 bridgehead atoms. The van der Waals surface area contributed by atoms with Crippen LogP contribution in [0.4, 0.5) is 0 Å². The second kappa shape index (κ2) is 8.52. The number of hydrogen-bond donors (Lipinski definition) is 0. The van der Waals surface area contributed by atoms with Crippen molar-refractivity contribution in [2.75, 3.05) is 0 Å². The summed E-state index contributed by atoms with van der Waals surface area (Å²) >= 11 is 0. The highest BCUT2D eigenvalue weighted by molar-refractivity contribution is 6.26. The lowest BCUT2D eigenvalue weighted by atomic mass is 9.86. The smallest absolute Gasteiger partial charge is 0.228 e. The Morgan fingerprint density at radius 1 is 1.00 bits per heavy atom. The molecule has 156 valence electrons. The molecule has 0 aliphatic heterocycles. The first kappa shape index (κ1) is 20.5. The van der Waals surface area contributed by atoms with Crippen LogP contribution in [0.3, 0.4) is 0 Å². The number of carbonyl (C=O) groups excluding carboxylic acids is 2. The Balaban J connectivity index is 1.63. The second-order valence-electron chi connectivity index (χ2n) is 7.73. The third-order valence-corrected chi connectivity index (χ3v) is 5.15. The average molecular weight is 413 g/mol.